The van der Waals surface area contributed by atoms with Crippen molar-refractivity contribution in [2.24, 2.45) is 5.41 Å². The molecule has 1 aliphatic rings. The van der Waals surface area contributed by atoms with Gasteiger partial charge in [0.15, 0.2) is 0 Å². The molecule has 1 aliphatic heterocycles. The molecule has 1 heterocycles. The van der Waals surface area contributed by atoms with Gasteiger partial charge < -0.3 is 19.5 Å². The number of hydrogen-bond acceptors (Lipinski definition) is 4. The van der Waals surface area contributed by atoms with Gasteiger partial charge in [0, 0.05) is 25.6 Å². The summed E-state index contributed by atoms with van der Waals surface area (Å²) in [4.78, 5) is 15.0. The average molecular weight is 383 g/mol. The largest absolute Gasteiger partial charge is 0.488 e. The number of para-hydroxylation sites is 1. The number of likely N-dealkylation sites (tertiary alicyclic amines) is 1. The highest BCUT2D eigenvalue weighted by atomic mass is 16.5. The molecule has 0 aliphatic carbocycles. The van der Waals surface area contributed by atoms with Gasteiger partial charge in [0.05, 0.1) is 17.8 Å². The number of amides is 1. The lowest BCUT2D eigenvalue weighted by Gasteiger charge is -2.50. The molecule has 0 aromatic heterocycles. The van der Waals surface area contributed by atoms with Crippen LogP contribution in [0.5, 0.6) is 5.75 Å². The highest BCUT2D eigenvalue weighted by molar-refractivity contribution is 5.97. The molecule has 2 aromatic rings. The second kappa shape index (κ2) is 8.33. The maximum atomic E-state index is 13.2. The summed E-state index contributed by atoms with van der Waals surface area (Å²) in [6, 6.07) is 17.2. The van der Waals surface area contributed by atoms with E-state index in [9.17, 15) is 9.90 Å². The first-order chi connectivity index (χ1) is 13.4. The van der Waals surface area contributed by atoms with E-state index in [0.717, 1.165) is 5.56 Å². The average Bonchev–Trinajstić information content (AvgIpc) is 2.69. The van der Waals surface area contributed by atoms with Crippen molar-refractivity contribution < 1.29 is 19.4 Å². The zero-order chi connectivity index (χ0) is 20.2. The van der Waals surface area contributed by atoms with Crippen LogP contribution in [0.1, 0.15) is 36.2 Å². The van der Waals surface area contributed by atoms with Gasteiger partial charge in [-0.25, -0.2) is 0 Å². The Morgan fingerprint density at radius 1 is 1.11 bits per heavy atom. The second-order valence-electron chi connectivity index (χ2n) is 8.10. The van der Waals surface area contributed by atoms with E-state index in [1.54, 1.807) is 18.1 Å². The van der Waals surface area contributed by atoms with Crippen LogP contribution in [0.2, 0.25) is 0 Å². The lowest BCUT2D eigenvalue weighted by atomic mass is 9.70. The van der Waals surface area contributed by atoms with Crippen molar-refractivity contribution in [2.45, 2.75) is 32.5 Å². The van der Waals surface area contributed by atoms with Gasteiger partial charge in [0.2, 0.25) is 0 Å². The molecule has 1 atom stereocenters. The van der Waals surface area contributed by atoms with Gasteiger partial charge in [-0.3, -0.25) is 4.79 Å². The Morgan fingerprint density at radius 2 is 1.79 bits per heavy atom. The molecule has 5 nitrogen and oxygen atoms in total. The highest BCUT2D eigenvalue weighted by Gasteiger charge is 2.48. The molecule has 0 unspecified atom stereocenters. The zero-order valence-corrected chi connectivity index (χ0v) is 16.9. The van der Waals surface area contributed by atoms with Gasteiger partial charge in [-0.1, -0.05) is 56.3 Å². The number of hydrogen-bond donors (Lipinski definition) is 1. The van der Waals surface area contributed by atoms with Gasteiger partial charge in [-0.2, -0.15) is 0 Å². The third kappa shape index (κ3) is 4.21. The fourth-order valence-corrected chi connectivity index (χ4v) is 3.72. The van der Waals surface area contributed by atoms with Crippen molar-refractivity contribution >= 4 is 5.91 Å². The minimum absolute atomic E-state index is 0.0730. The maximum absolute atomic E-state index is 13.2. The molecular weight excluding hydrogens is 354 g/mol. The predicted molar refractivity (Wildman–Crippen MR) is 108 cm³/mol. The number of rotatable bonds is 6. The fraction of sp³-hybridized carbons (Fsp3) is 0.435. The summed E-state index contributed by atoms with van der Waals surface area (Å²) >= 11 is 0. The molecule has 3 rings (SSSR count). The molecule has 1 fully saturated rings. The van der Waals surface area contributed by atoms with Crippen LogP contribution in [0.15, 0.2) is 54.6 Å². The van der Waals surface area contributed by atoms with E-state index in [1.807, 2.05) is 62.4 Å². The molecule has 1 saturated heterocycles. The zero-order valence-electron chi connectivity index (χ0n) is 16.9. The third-order valence-electron chi connectivity index (χ3n) is 5.67. The third-order valence-corrected chi connectivity index (χ3v) is 5.67. The monoisotopic (exact) mass is 383 g/mol. The van der Waals surface area contributed by atoms with Crippen molar-refractivity contribution in [3.8, 4) is 5.75 Å². The first kappa shape index (κ1) is 20.4. The van der Waals surface area contributed by atoms with E-state index in [0.29, 0.717) is 37.4 Å². The quantitative estimate of drug-likeness (QED) is 0.829. The topological polar surface area (TPSA) is 59.0 Å². The molecule has 28 heavy (non-hydrogen) atoms. The number of carbonyl (C=O) groups is 1. The molecule has 150 valence electrons. The minimum Gasteiger partial charge on any atom is -0.488 e. The van der Waals surface area contributed by atoms with Gasteiger partial charge >= 0.3 is 0 Å². The predicted octanol–water partition coefficient (Wildman–Crippen LogP) is 3.52. The maximum Gasteiger partial charge on any atom is 0.257 e. The molecule has 1 amide bonds. The summed E-state index contributed by atoms with van der Waals surface area (Å²) < 4.78 is 11.2. The normalized spacial score (nSPS) is 21.4. The van der Waals surface area contributed by atoms with Crippen molar-refractivity contribution in [2.75, 3.05) is 26.8 Å². The Balaban J connectivity index is 1.74. The standard InChI is InChI=1S/C23H29NO4/c1-22(2)16-24(14-13-23(22,26)17-27-3)21(25)19-11-7-8-12-20(19)28-15-18-9-5-4-6-10-18/h4-12,26H,13-17H2,1-3H3/t23-/m1/s1. The Hall–Kier alpha value is -2.37. The summed E-state index contributed by atoms with van der Waals surface area (Å²) in [7, 11) is 1.59. The van der Waals surface area contributed by atoms with Crippen LogP contribution in [0.4, 0.5) is 0 Å². The minimum atomic E-state index is -0.943. The van der Waals surface area contributed by atoms with E-state index in [-0.39, 0.29) is 12.5 Å². The number of carbonyl (C=O) groups excluding carboxylic acids is 1. The van der Waals surface area contributed by atoms with Crippen LogP contribution in [-0.2, 0) is 11.3 Å². The molecule has 0 spiro atoms. The van der Waals surface area contributed by atoms with Crippen molar-refractivity contribution in [3.05, 3.63) is 65.7 Å². The van der Waals surface area contributed by atoms with Crippen molar-refractivity contribution in [3.63, 3.8) is 0 Å². The Kier molecular flexibility index (Phi) is 6.06. The molecule has 0 bridgehead atoms. The van der Waals surface area contributed by atoms with Crippen LogP contribution < -0.4 is 4.74 Å². The summed E-state index contributed by atoms with van der Waals surface area (Å²) in [6.07, 6.45) is 0.479. The van der Waals surface area contributed by atoms with Gasteiger partial charge in [0.25, 0.3) is 5.91 Å². The lowest BCUT2D eigenvalue weighted by molar-refractivity contribution is -0.144. The van der Waals surface area contributed by atoms with Crippen LogP contribution in [0, 0.1) is 5.41 Å². The first-order valence-corrected chi connectivity index (χ1v) is 9.63. The fourth-order valence-electron chi connectivity index (χ4n) is 3.72. The van der Waals surface area contributed by atoms with E-state index >= 15 is 0 Å². The molecule has 1 N–H and O–H groups in total. The Labute approximate surface area is 166 Å². The van der Waals surface area contributed by atoms with Crippen molar-refractivity contribution in [1.82, 2.24) is 4.90 Å². The smallest absolute Gasteiger partial charge is 0.257 e. The first-order valence-electron chi connectivity index (χ1n) is 9.63. The number of methoxy groups -OCH3 is 1. The summed E-state index contributed by atoms with van der Waals surface area (Å²) in [6.45, 7) is 5.56. The van der Waals surface area contributed by atoms with Gasteiger partial charge in [-0.15, -0.1) is 0 Å². The molecule has 0 saturated carbocycles. The molecular formula is C23H29NO4. The van der Waals surface area contributed by atoms with Gasteiger partial charge in [-0.05, 0) is 24.1 Å². The molecule has 0 radical (unpaired) electrons. The summed E-state index contributed by atoms with van der Waals surface area (Å²) in [5.41, 5.74) is 0.179. The van der Waals surface area contributed by atoms with Crippen molar-refractivity contribution in [1.29, 1.82) is 0 Å². The van der Waals surface area contributed by atoms with Crippen LogP contribution in [0.25, 0.3) is 0 Å². The molecule has 5 heteroatoms. The Bertz CT molecular complexity index is 805. The SMILES string of the molecule is COC[C@]1(O)CCN(C(=O)c2ccccc2OCc2ccccc2)CC1(C)C. The number of nitrogens with zero attached hydrogens (tertiary/aromatic N) is 1. The van der Waals surface area contributed by atoms with E-state index in [4.69, 9.17) is 9.47 Å². The summed E-state index contributed by atoms with van der Waals surface area (Å²) in [5, 5.41) is 10.9. The van der Waals surface area contributed by atoms with E-state index in [2.05, 4.69) is 0 Å². The number of benzene rings is 2. The van der Waals surface area contributed by atoms with Gasteiger partial charge in [0.1, 0.15) is 12.4 Å². The second-order valence-corrected chi connectivity index (χ2v) is 8.10. The van der Waals surface area contributed by atoms with E-state index < -0.39 is 11.0 Å². The number of ether oxygens (including phenoxy) is 2. The summed E-state index contributed by atoms with van der Waals surface area (Å²) in [5.74, 6) is 0.503. The number of piperidine rings is 1. The number of aliphatic hydroxyl groups is 1. The van der Waals surface area contributed by atoms with Crippen LogP contribution in [-0.4, -0.2) is 48.3 Å². The van der Waals surface area contributed by atoms with Crippen LogP contribution in [0.3, 0.4) is 0 Å². The molecule has 2 aromatic carbocycles. The highest BCUT2D eigenvalue weighted by Crippen LogP contribution is 2.39. The van der Waals surface area contributed by atoms with E-state index in [1.165, 1.54) is 0 Å². The van der Waals surface area contributed by atoms with Crippen LogP contribution >= 0.6 is 0 Å². The lowest BCUT2D eigenvalue weighted by Crippen LogP contribution is -2.60. The Morgan fingerprint density at radius 3 is 2.46 bits per heavy atom.